The number of carbonyl (C=O) groups excluding carboxylic acids is 2. The molecule has 1 heterocycles. The van der Waals surface area contributed by atoms with Crippen molar-refractivity contribution in [2.24, 2.45) is 0 Å². The maximum atomic E-state index is 12.3. The van der Waals surface area contributed by atoms with Crippen molar-refractivity contribution in [3.8, 4) is 0 Å². The minimum absolute atomic E-state index is 0.0187. The van der Waals surface area contributed by atoms with Gasteiger partial charge >= 0.3 is 0 Å². The average molecular weight is 244 g/mol. The van der Waals surface area contributed by atoms with Crippen molar-refractivity contribution >= 4 is 21.6 Å². The van der Waals surface area contributed by atoms with Crippen LogP contribution in [-0.2, 0) is 9.59 Å². The van der Waals surface area contributed by atoms with Gasteiger partial charge in [0.2, 0.25) is 5.91 Å². The van der Waals surface area contributed by atoms with E-state index in [2.05, 4.69) is 14.5 Å². The van der Waals surface area contributed by atoms with Gasteiger partial charge in [0.25, 0.3) is 0 Å². The average Bonchev–Trinajstić information content (AvgIpc) is 2.32. The fourth-order valence-electron chi connectivity index (χ4n) is 2.06. The highest BCUT2D eigenvalue weighted by Crippen LogP contribution is 2.29. The molecule has 1 N–H and O–H groups in total. The molecule has 0 bridgehead atoms. The monoisotopic (exact) mass is 244 g/mol. The Kier molecular flexibility index (Phi) is 4.08. The van der Waals surface area contributed by atoms with Gasteiger partial charge in [-0.25, -0.2) is 0 Å². The summed E-state index contributed by atoms with van der Waals surface area (Å²) in [5, 5.41) is 2.99. The number of hydrogen-bond acceptors (Lipinski definition) is 3. The maximum Gasteiger partial charge on any atom is 0.243 e. The Morgan fingerprint density at radius 1 is 1.69 bits per heavy atom. The number of carbonyl (C=O) groups is 2. The van der Waals surface area contributed by atoms with Crippen LogP contribution in [-0.4, -0.2) is 34.7 Å². The van der Waals surface area contributed by atoms with Gasteiger partial charge in [-0.15, -0.1) is 0 Å². The third-order valence-electron chi connectivity index (χ3n) is 3.68. The minimum Gasteiger partial charge on any atom is -0.329 e. The van der Waals surface area contributed by atoms with Crippen molar-refractivity contribution in [3.05, 3.63) is 0 Å². The van der Waals surface area contributed by atoms with E-state index in [1.165, 1.54) is 0 Å². The molecule has 1 aliphatic heterocycles. The summed E-state index contributed by atoms with van der Waals surface area (Å²) >= 11 is 0. The van der Waals surface area contributed by atoms with Crippen LogP contribution < -0.4 is 5.09 Å². The van der Waals surface area contributed by atoms with E-state index in [0.717, 1.165) is 19.1 Å². The van der Waals surface area contributed by atoms with Crippen LogP contribution in [0.4, 0.5) is 0 Å². The molecule has 0 aromatic heterocycles. The topological polar surface area (TPSA) is 49.4 Å². The van der Waals surface area contributed by atoms with Crippen molar-refractivity contribution in [3.63, 3.8) is 0 Å². The van der Waals surface area contributed by atoms with Crippen molar-refractivity contribution in [1.82, 2.24) is 9.99 Å². The molecule has 0 aromatic rings. The zero-order valence-corrected chi connectivity index (χ0v) is 11.4. The molecule has 0 spiro atoms. The number of hydrogen-bond donors (Lipinski definition) is 1. The Morgan fingerprint density at radius 2 is 2.31 bits per heavy atom. The summed E-state index contributed by atoms with van der Waals surface area (Å²) in [7, 11) is 2.40. The van der Waals surface area contributed by atoms with Crippen LogP contribution in [0.25, 0.3) is 0 Å². The van der Waals surface area contributed by atoms with Gasteiger partial charge in [0, 0.05) is 6.54 Å². The third-order valence-corrected chi connectivity index (χ3v) is 4.32. The zero-order chi connectivity index (χ0) is 12.4. The van der Waals surface area contributed by atoms with E-state index >= 15 is 0 Å². The normalized spacial score (nSPS) is 30.0. The Morgan fingerprint density at radius 3 is 2.75 bits per heavy atom. The molecule has 0 aromatic carbocycles. The predicted molar refractivity (Wildman–Crippen MR) is 67.0 cm³/mol. The van der Waals surface area contributed by atoms with E-state index < -0.39 is 11.1 Å². The van der Waals surface area contributed by atoms with E-state index in [4.69, 9.17) is 0 Å². The zero-order valence-electron chi connectivity index (χ0n) is 10.2. The lowest BCUT2D eigenvalue weighted by Crippen LogP contribution is -2.63. The van der Waals surface area contributed by atoms with E-state index in [9.17, 15) is 9.59 Å². The first kappa shape index (κ1) is 13.6. The van der Waals surface area contributed by atoms with E-state index in [0.29, 0.717) is 13.0 Å². The molecule has 5 heteroatoms. The quantitative estimate of drug-likeness (QED) is 0.595. The first-order valence-electron chi connectivity index (χ1n) is 5.69. The summed E-state index contributed by atoms with van der Waals surface area (Å²) in [6.07, 6.45) is 3.27. The predicted octanol–water partition coefficient (Wildman–Crippen LogP) is 1.11. The maximum absolute atomic E-state index is 12.3. The molecule has 0 saturated carbocycles. The molecule has 1 fully saturated rings. The van der Waals surface area contributed by atoms with Crippen molar-refractivity contribution in [2.75, 3.05) is 6.54 Å². The van der Waals surface area contributed by atoms with Gasteiger partial charge in [0.05, 0.1) is 11.1 Å². The van der Waals surface area contributed by atoms with Crippen LogP contribution in [0, 0.1) is 0 Å². The van der Waals surface area contributed by atoms with Crippen molar-refractivity contribution in [2.45, 2.75) is 51.1 Å². The second-order valence-corrected chi connectivity index (χ2v) is 5.15. The lowest BCUT2D eigenvalue weighted by molar-refractivity contribution is -0.150. The number of aldehydes is 1. The molecule has 92 valence electrons. The number of piperidine rings is 1. The summed E-state index contributed by atoms with van der Waals surface area (Å²) in [5.74, 6) is 0.0187. The number of nitrogens with zero attached hydrogens (tertiary/aromatic N) is 1. The van der Waals surface area contributed by atoms with Crippen LogP contribution >= 0.6 is 9.39 Å². The lowest BCUT2D eigenvalue weighted by atomic mass is 9.86. The first-order chi connectivity index (χ1) is 7.43. The number of nitrogens with one attached hydrogen (secondary N) is 1. The van der Waals surface area contributed by atoms with Gasteiger partial charge in [-0.1, -0.05) is 16.3 Å². The fourth-order valence-corrected chi connectivity index (χ4v) is 2.32. The number of amides is 1. The van der Waals surface area contributed by atoms with Crippen LogP contribution in [0.1, 0.15) is 40.0 Å². The number of rotatable bonds is 4. The van der Waals surface area contributed by atoms with Gasteiger partial charge in [-0.3, -0.25) is 9.88 Å². The molecule has 0 radical (unpaired) electrons. The standard InChI is InChI=1S/C11H21N2O2P/c1-4-10(2,8-14)13-7-5-6-11(3,12-16)9(13)15/h8,12H,4-7,16H2,1-3H3. The highest BCUT2D eigenvalue weighted by molar-refractivity contribution is 7.13. The second-order valence-electron chi connectivity index (χ2n) is 4.87. The summed E-state index contributed by atoms with van der Waals surface area (Å²) in [6, 6.07) is 0. The first-order valence-corrected chi connectivity index (χ1v) is 6.27. The molecule has 3 atom stereocenters. The summed E-state index contributed by atoms with van der Waals surface area (Å²) in [5.41, 5.74) is -1.22. The molecule has 1 saturated heterocycles. The largest absolute Gasteiger partial charge is 0.329 e. The molecule has 1 aliphatic rings. The summed E-state index contributed by atoms with van der Waals surface area (Å²) in [6.45, 7) is 6.31. The van der Waals surface area contributed by atoms with E-state index in [-0.39, 0.29) is 5.91 Å². The van der Waals surface area contributed by atoms with Gasteiger partial charge in [0.15, 0.2) is 0 Å². The smallest absolute Gasteiger partial charge is 0.243 e. The Bertz CT molecular complexity index is 298. The van der Waals surface area contributed by atoms with E-state index in [1.807, 2.05) is 20.8 Å². The molecule has 1 rings (SSSR count). The molecular weight excluding hydrogens is 223 g/mol. The lowest BCUT2D eigenvalue weighted by Gasteiger charge is -2.45. The Balaban J connectivity index is 2.98. The van der Waals surface area contributed by atoms with Crippen LogP contribution in [0.3, 0.4) is 0 Å². The Hall–Kier alpha value is -0.470. The van der Waals surface area contributed by atoms with E-state index in [1.54, 1.807) is 4.90 Å². The van der Waals surface area contributed by atoms with Crippen LogP contribution in [0.2, 0.25) is 0 Å². The third kappa shape index (κ3) is 2.14. The fraction of sp³-hybridized carbons (Fsp3) is 0.818. The highest BCUT2D eigenvalue weighted by Gasteiger charge is 2.44. The van der Waals surface area contributed by atoms with Crippen LogP contribution in [0.5, 0.6) is 0 Å². The summed E-state index contributed by atoms with van der Waals surface area (Å²) < 4.78 is 0. The second kappa shape index (κ2) is 4.80. The molecule has 0 aliphatic carbocycles. The molecule has 4 nitrogen and oxygen atoms in total. The van der Waals surface area contributed by atoms with Gasteiger partial charge in [0.1, 0.15) is 6.29 Å². The molecule has 1 amide bonds. The van der Waals surface area contributed by atoms with Gasteiger partial charge < -0.3 is 9.69 Å². The molecule has 16 heavy (non-hydrogen) atoms. The minimum atomic E-state index is -0.666. The summed E-state index contributed by atoms with van der Waals surface area (Å²) in [4.78, 5) is 25.2. The molecule has 3 unspecified atom stereocenters. The van der Waals surface area contributed by atoms with Gasteiger partial charge in [-0.05, 0) is 33.1 Å². The van der Waals surface area contributed by atoms with Gasteiger partial charge in [-0.2, -0.15) is 0 Å². The van der Waals surface area contributed by atoms with Crippen molar-refractivity contribution in [1.29, 1.82) is 0 Å². The van der Waals surface area contributed by atoms with Crippen molar-refractivity contribution < 1.29 is 9.59 Å². The van der Waals surface area contributed by atoms with Crippen LogP contribution in [0.15, 0.2) is 0 Å². The molecular formula is C11H21N2O2P. The number of likely N-dealkylation sites (tertiary alicyclic amines) is 1. The Labute approximate surface area is 99.4 Å². The highest BCUT2D eigenvalue weighted by atomic mass is 31.0. The SMILES string of the molecule is CCC(C)(C=O)N1CCCC(C)(NP)C1=O.